The Labute approximate surface area is 49.2 Å². The molecule has 8 heavy (non-hydrogen) atoms. The minimum Gasteiger partial charge on any atom is -0.396 e. The van der Waals surface area contributed by atoms with E-state index >= 15 is 0 Å². The maximum absolute atomic E-state index is 9.94. The molecule has 0 rings (SSSR count). The lowest BCUT2D eigenvalue weighted by Crippen LogP contribution is -1.83. The van der Waals surface area contributed by atoms with E-state index in [0.29, 0.717) is 19.0 Å². The van der Waals surface area contributed by atoms with E-state index in [4.69, 9.17) is 10.00 Å². The molecule has 0 aromatic carbocycles. The summed E-state index contributed by atoms with van der Waals surface area (Å²) in [6.07, 6.45) is 1.58. The average Bonchev–Trinajstić information content (AvgIpc) is 1.66. The van der Waals surface area contributed by atoms with Gasteiger partial charge in [0.25, 0.3) is 0 Å². The highest BCUT2D eigenvalue weighted by Crippen LogP contribution is 2.14. The summed E-state index contributed by atoms with van der Waals surface area (Å²) in [5, 5.41) is 8.20. The lowest BCUT2D eigenvalue weighted by molar-refractivity contribution is 0.287. The van der Waals surface area contributed by atoms with Gasteiger partial charge in [-0.25, -0.2) is 0 Å². The topological polar surface area (TPSA) is 57.5 Å². The Morgan fingerprint density at radius 1 is 1.38 bits per heavy atom. The van der Waals surface area contributed by atoms with Crippen molar-refractivity contribution in [2.24, 2.45) is 0 Å². The van der Waals surface area contributed by atoms with Crippen molar-refractivity contribution >= 4 is 8.03 Å². The molecule has 0 spiro atoms. The molecule has 0 aliphatic rings. The summed E-state index contributed by atoms with van der Waals surface area (Å²) in [6.45, 7) is 0.114. The summed E-state index contributed by atoms with van der Waals surface area (Å²) in [7, 11) is -1.97. The fourth-order valence-electron chi connectivity index (χ4n) is 0.359. The minimum absolute atomic E-state index is 0.114. The van der Waals surface area contributed by atoms with Gasteiger partial charge in [-0.05, 0) is 17.4 Å². The monoisotopic (exact) mass is 137 g/mol. The van der Waals surface area contributed by atoms with Crippen molar-refractivity contribution in [3.05, 3.63) is 0 Å². The Morgan fingerprint density at radius 3 is 2.38 bits per heavy atom. The second-order valence-electron chi connectivity index (χ2n) is 1.51. The smallest absolute Gasteiger partial charge is 0.396 e. The number of hydrogen-bond donors (Lipinski definition) is 2. The van der Waals surface area contributed by atoms with Crippen LogP contribution >= 0.6 is 8.03 Å². The molecule has 0 heterocycles. The third-order valence-corrected chi connectivity index (χ3v) is 1.46. The molecule has 3 nitrogen and oxygen atoms in total. The predicted molar refractivity (Wildman–Crippen MR) is 31.0 cm³/mol. The maximum atomic E-state index is 9.94. The summed E-state index contributed by atoms with van der Waals surface area (Å²) in [6, 6.07) is 0. The molecule has 0 amide bonds. The van der Waals surface area contributed by atoms with E-state index in [1.54, 1.807) is 0 Å². The van der Waals surface area contributed by atoms with Crippen LogP contribution in [0.1, 0.15) is 12.8 Å². The zero-order chi connectivity index (χ0) is 6.41. The third kappa shape index (κ3) is 6.02. The van der Waals surface area contributed by atoms with Crippen molar-refractivity contribution in [1.82, 2.24) is 0 Å². The Balaban J connectivity index is 2.82. The molecular weight excluding hydrogens is 127 g/mol. The first-order valence-electron chi connectivity index (χ1n) is 2.52. The summed E-state index contributed by atoms with van der Waals surface area (Å²) in [5.74, 6) is 0. The van der Waals surface area contributed by atoms with Crippen LogP contribution in [-0.4, -0.2) is 22.8 Å². The molecule has 1 unspecified atom stereocenters. The van der Waals surface area contributed by atoms with Crippen LogP contribution in [0.4, 0.5) is 0 Å². The lowest BCUT2D eigenvalue weighted by Gasteiger charge is -1.82. The van der Waals surface area contributed by atoms with Gasteiger partial charge >= 0.3 is 8.03 Å². The van der Waals surface area contributed by atoms with Crippen molar-refractivity contribution in [3.8, 4) is 0 Å². The van der Waals surface area contributed by atoms with E-state index < -0.39 is 8.03 Å². The predicted octanol–water partition coefficient (Wildman–Crippen LogP) is 0.494. The molecule has 0 saturated carbocycles. The molecule has 0 radical (unpaired) electrons. The highest BCUT2D eigenvalue weighted by Gasteiger charge is 2.06. The molecule has 0 aliphatic carbocycles. The van der Waals surface area contributed by atoms with Crippen molar-refractivity contribution in [2.75, 3.05) is 12.8 Å². The Hall–Kier alpha value is 0.0200. The number of unbranched alkanes of at least 4 members (excludes halogenated alkanes) is 1. The second kappa shape index (κ2) is 5.16. The van der Waals surface area contributed by atoms with E-state index in [-0.39, 0.29) is 6.61 Å². The zero-order valence-electron chi connectivity index (χ0n) is 4.58. The molecule has 2 N–H and O–H groups in total. The van der Waals surface area contributed by atoms with Crippen LogP contribution in [0.3, 0.4) is 0 Å². The first kappa shape index (κ1) is 8.02. The molecular formula is C4H10O3P+. The molecule has 1 atom stereocenters. The Morgan fingerprint density at radius 2 is 2.00 bits per heavy atom. The van der Waals surface area contributed by atoms with E-state index in [2.05, 4.69) is 0 Å². The van der Waals surface area contributed by atoms with Crippen LogP contribution in [-0.2, 0) is 4.57 Å². The van der Waals surface area contributed by atoms with Crippen molar-refractivity contribution < 1.29 is 14.6 Å². The van der Waals surface area contributed by atoms with E-state index in [1.165, 1.54) is 0 Å². The highest BCUT2D eigenvalue weighted by atomic mass is 31.1. The van der Waals surface area contributed by atoms with E-state index in [1.807, 2.05) is 0 Å². The van der Waals surface area contributed by atoms with Crippen LogP contribution in [0.5, 0.6) is 0 Å². The Kier molecular flexibility index (Phi) is 5.18. The largest absolute Gasteiger partial charge is 0.505 e. The van der Waals surface area contributed by atoms with Crippen molar-refractivity contribution in [2.45, 2.75) is 12.8 Å². The third-order valence-electron chi connectivity index (χ3n) is 0.758. The standard InChI is InChI=1S/C4H9O3P/c5-3-1-2-4-8(6)7/h5H,1-4H2/p+1. The number of rotatable bonds is 4. The van der Waals surface area contributed by atoms with Gasteiger partial charge in [-0.1, -0.05) is 0 Å². The summed E-state index contributed by atoms with van der Waals surface area (Å²) < 4.78 is 9.94. The van der Waals surface area contributed by atoms with Gasteiger partial charge in [0.1, 0.15) is 0 Å². The van der Waals surface area contributed by atoms with E-state index in [0.717, 1.165) is 0 Å². The van der Waals surface area contributed by atoms with Crippen molar-refractivity contribution in [1.29, 1.82) is 0 Å². The molecule has 0 saturated heterocycles. The minimum atomic E-state index is -1.97. The molecule has 48 valence electrons. The van der Waals surface area contributed by atoms with Crippen LogP contribution < -0.4 is 0 Å². The molecule has 0 aliphatic heterocycles. The van der Waals surface area contributed by atoms with Gasteiger partial charge in [-0.15, -0.1) is 0 Å². The maximum Gasteiger partial charge on any atom is 0.505 e. The fourth-order valence-corrected chi connectivity index (χ4v) is 0.853. The number of aliphatic hydroxyl groups excluding tert-OH is 1. The van der Waals surface area contributed by atoms with E-state index in [9.17, 15) is 4.57 Å². The summed E-state index contributed by atoms with van der Waals surface area (Å²) >= 11 is 0. The van der Waals surface area contributed by atoms with Gasteiger partial charge in [0.15, 0.2) is 6.16 Å². The van der Waals surface area contributed by atoms with Gasteiger partial charge in [0.05, 0.1) is 0 Å². The highest BCUT2D eigenvalue weighted by molar-refractivity contribution is 7.37. The molecule has 0 bridgehead atoms. The number of aliphatic hydroxyl groups is 1. The van der Waals surface area contributed by atoms with Gasteiger partial charge in [0, 0.05) is 6.61 Å². The molecule has 0 aromatic heterocycles. The van der Waals surface area contributed by atoms with Crippen LogP contribution in [0, 0.1) is 0 Å². The van der Waals surface area contributed by atoms with Crippen LogP contribution in [0.15, 0.2) is 0 Å². The van der Waals surface area contributed by atoms with Crippen LogP contribution in [0.25, 0.3) is 0 Å². The quantitative estimate of drug-likeness (QED) is 0.438. The first-order valence-corrected chi connectivity index (χ1v) is 3.91. The van der Waals surface area contributed by atoms with Crippen LogP contribution in [0.2, 0.25) is 0 Å². The fraction of sp³-hybridized carbons (Fsp3) is 1.00. The molecule has 0 fully saturated rings. The van der Waals surface area contributed by atoms with Gasteiger partial charge in [-0.3, -0.25) is 0 Å². The van der Waals surface area contributed by atoms with Gasteiger partial charge in [0.2, 0.25) is 0 Å². The average molecular weight is 137 g/mol. The summed E-state index contributed by atoms with van der Waals surface area (Å²) in [4.78, 5) is 8.21. The molecule has 0 aromatic rings. The van der Waals surface area contributed by atoms with Crippen molar-refractivity contribution in [3.63, 3.8) is 0 Å². The molecule has 4 heteroatoms. The first-order chi connectivity index (χ1) is 3.77. The second-order valence-corrected chi connectivity index (χ2v) is 2.66. The SMILES string of the molecule is O=[P+](O)CCCCO. The summed E-state index contributed by atoms with van der Waals surface area (Å²) in [5.41, 5.74) is 0. The lowest BCUT2D eigenvalue weighted by atomic mass is 10.4. The number of hydrogen-bond acceptors (Lipinski definition) is 2. The zero-order valence-corrected chi connectivity index (χ0v) is 5.47. The normalized spacial score (nSPS) is 11.5. The van der Waals surface area contributed by atoms with Gasteiger partial charge in [-0.2, -0.15) is 4.89 Å². The van der Waals surface area contributed by atoms with Gasteiger partial charge < -0.3 is 5.11 Å². The Bertz CT molecular complexity index is 73.7.